The van der Waals surface area contributed by atoms with Crippen LogP contribution in [-0.4, -0.2) is 28.5 Å². The quantitative estimate of drug-likeness (QED) is 0.855. The number of benzene rings is 1. The van der Waals surface area contributed by atoms with E-state index in [1.165, 1.54) is 0 Å². The molecule has 3 nitrogen and oxygen atoms in total. The first-order valence-electron chi connectivity index (χ1n) is 6.69. The lowest BCUT2D eigenvalue weighted by atomic mass is 9.85. The van der Waals surface area contributed by atoms with Gasteiger partial charge in [-0.3, -0.25) is 4.79 Å². The number of aromatic hydroxyl groups is 1. The van der Waals surface area contributed by atoms with Gasteiger partial charge in [-0.1, -0.05) is 29.8 Å². The average molecular weight is 326 g/mol. The van der Waals surface area contributed by atoms with Crippen molar-refractivity contribution in [1.82, 2.24) is 4.90 Å². The molecule has 1 heterocycles. The van der Waals surface area contributed by atoms with Crippen LogP contribution >= 0.6 is 15.9 Å². The van der Waals surface area contributed by atoms with Crippen LogP contribution in [0.4, 0.5) is 0 Å². The van der Waals surface area contributed by atoms with E-state index < -0.39 is 0 Å². The summed E-state index contributed by atoms with van der Waals surface area (Å²) in [6.07, 6.45) is 1.15. The van der Waals surface area contributed by atoms with Crippen LogP contribution in [0.5, 0.6) is 5.75 Å². The molecular weight excluding hydrogens is 306 g/mol. The molecule has 1 aromatic rings. The summed E-state index contributed by atoms with van der Waals surface area (Å²) < 4.78 is 0.805. The van der Waals surface area contributed by atoms with Crippen molar-refractivity contribution in [3.8, 4) is 5.75 Å². The number of carbonyl (C=O) groups is 1. The van der Waals surface area contributed by atoms with Crippen molar-refractivity contribution in [3.05, 3.63) is 28.2 Å². The van der Waals surface area contributed by atoms with Gasteiger partial charge in [-0.05, 0) is 43.4 Å². The van der Waals surface area contributed by atoms with Crippen LogP contribution < -0.4 is 0 Å². The number of amides is 1. The van der Waals surface area contributed by atoms with E-state index in [1.807, 2.05) is 4.90 Å². The van der Waals surface area contributed by atoms with Gasteiger partial charge in [0.15, 0.2) is 0 Å². The van der Waals surface area contributed by atoms with Crippen LogP contribution in [0.3, 0.4) is 0 Å². The lowest BCUT2D eigenvalue weighted by Gasteiger charge is -2.41. The highest BCUT2D eigenvalue weighted by Gasteiger charge is 2.33. The molecule has 1 aromatic carbocycles. The van der Waals surface area contributed by atoms with E-state index in [1.54, 1.807) is 18.2 Å². The molecule has 0 spiro atoms. The average Bonchev–Trinajstić information content (AvgIpc) is 2.36. The zero-order valence-electron chi connectivity index (χ0n) is 11.6. The number of rotatable bonds is 1. The Balaban J connectivity index is 2.30. The van der Waals surface area contributed by atoms with Crippen LogP contribution in [0.15, 0.2) is 22.7 Å². The zero-order chi connectivity index (χ0) is 14.2. The van der Waals surface area contributed by atoms with Crippen molar-refractivity contribution >= 4 is 21.8 Å². The van der Waals surface area contributed by atoms with Gasteiger partial charge in [-0.15, -0.1) is 0 Å². The monoisotopic (exact) mass is 325 g/mol. The Bertz CT molecular complexity index is 489. The summed E-state index contributed by atoms with van der Waals surface area (Å²) in [5.41, 5.74) is 0.377. The van der Waals surface area contributed by atoms with Crippen molar-refractivity contribution < 1.29 is 9.90 Å². The van der Waals surface area contributed by atoms with E-state index in [-0.39, 0.29) is 17.7 Å². The minimum atomic E-state index is -0.0790. The summed E-state index contributed by atoms with van der Waals surface area (Å²) in [5, 5.41) is 9.89. The third-order valence-corrected chi connectivity index (χ3v) is 4.54. The SMILES string of the molecule is CC1CC(C)C(C)N(C(=O)c2cc(Br)ccc2O)C1. The summed E-state index contributed by atoms with van der Waals surface area (Å²) in [7, 11) is 0. The van der Waals surface area contributed by atoms with Gasteiger partial charge < -0.3 is 10.0 Å². The second-order valence-corrected chi connectivity index (χ2v) is 6.59. The smallest absolute Gasteiger partial charge is 0.257 e. The van der Waals surface area contributed by atoms with Gasteiger partial charge in [-0.2, -0.15) is 0 Å². The number of phenols is 1. The van der Waals surface area contributed by atoms with E-state index in [2.05, 4.69) is 36.7 Å². The van der Waals surface area contributed by atoms with Crippen molar-refractivity contribution in [2.24, 2.45) is 11.8 Å². The lowest BCUT2D eigenvalue weighted by Crippen LogP contribution is -2.48. The molecule has 1 amide bonds. The van der Waals surface area contributed by atoms with Crippen LogP contribution in [0.1, 0.15) is 37.6 Å². The van der Waals surface area contributed by atoms with Gasteiger partial charge in [0.2, 0.25) is 0 Å². The third-order valence-electron chi connectivity index (χ3n) is 4.05. The zero-order valence-corrected chi connectivity index (χ0v) is 13.1. The number of hydrogen-bond donors (Lipinski definition) is 1. The molecular formula is C15H20BrNO2. The Kier molecular flexibility index (Phi) is 4.19. The van der Waals surface area contributed by atoms with Crippen molar-refractivity contribution in [2.45, 2.75) is 33.2 Å². The largest absolute Gasteiger partial charge is 0.507 e. The maximum absolute atomic E-state index is 12.6. The maximum atomic E-state index is 12.6. The Morgan fingerprint density at radius 1 is 1.37 bits per heavy atom. The Morgan fingerprint density at radius 3 is 2.74 bits per heavy atom. The molecule has 0 aliphatic carbocycles. The highest BCUT2D eigenvalue weighted by Crippen LogP contribution is 2.30. The molecule has 1 saturated heterocycles. The fourth-order valence-electron chi connectivity index (χ4n) is 2.82. The van der Waals surface area contributed by atoms with E-state index in [4.69, 9.17) is 0 Å². The van der Waals surface area contributed by atoms with Gasteiger partial charge in [-0.25, -0.2) is 0 Å². The second kappa shape index (κ2) is 5.53. The molecule has 0 bridgehead atoms. The summed E-state index contributed by atoms with van der Waals surface area (Å²) in [6, 6.07) is 5.19. The standard InChI is InChI=1S/C15H20BrNO2/c1-9-6-10(2)11(3)17(8-9)15(19)13-7-12(16)4-5-14(13)18/h4-5,7,9-11,18H,6,8H2,1-3H3. The molecule has 0 aromatic heterocycles. The molecule has 3 atom stereocenters. The molecule has 19 heavy (non-hydrogen) atoms. The van der Waals surface area contributed by atoms with E-state index in [9.17, 15) is 9.90 Å². The Morgan fingerprint density at radius 2 is 2.05 bits per heavy atom. The normalized spacial score (nSPS) is 27.4. The summed E-state index contributed by atoms with van der Waals surface area (Å²) in [6.45, 7) is 7.20. The maximum Gasteiger partial charge on any atom is 0.257 e. The number of piperidine rings is 1. The van der Waals surface area contributed by atoms with Crippen LogP contribution in [0, 0.1) is 11.8 Å². The molecule has 104 valence electrons. The first-order chi connectivity index (χ1) is 8.90. The van der Waals surface area contributed by atoms with E-state index in [0.717, 1.165) is 17.4 Å². The molecule has 1 N–H and O–H groups in total. The van der Waals surface area contributed by atoms with Crippen LogP contribution in [-0.2, 0) is 0 Å². The molecule has 0 saturated carbocycles. The minimum Gasteiger partial charge on any atom is -0.507 e. The molecule has 2 rings (SSSR count). The Labute approximate surface area is 122 Å². The van der Waals surface area contributed by atoms with Gasteiger partial charge in [0.05, 0.1) is 5.56 Å². The number of halogens is 1. The van der Waals surface area contributed by atoms with E-state index in [0.29, 0.717) is 17.4 Å². The van der Waals surface area contributed by atoms with E-state index >= 15 is 0 Å². The molecule has 1 fully saturated rings. The highest BCUT2D eigenvalue weighted by atomic mass is 79.9. The van der Waals surface area contributed by atoms with Gasteiger partial charge in [0.1, 0.15) is 5.75 Å². The second-order valence-electron chi connectivity index (χ2n) is 5.68. The number of hydrogen-bond acceptors (Lipinski definition) is 2. The fraction of sp³-hybridized carbons (Fsp3) is 0.533. The number of likely N-dealkylation sites (tertiary alicyclic amines) is 1. The predicted octanol–water partition coefficient (Wildman–Crippen LogP) is 3.66. The number of nitrogens with zero attached hydrogens (tertiary/aromatic N) is 1. The number of phenolic OH excluding ortho intramolecular Hbond substituents is 1. The van der Waals surface area contributed by atoms with Gasteiger partial charge in [0, 0.05) is 17.1 Å². The topological polar surface area (TPSA) is 40.5 Å². The summed E-state index contributed by atoms with van der Waals surface area (Å²) in [5.74, 6) is 0.961. The van der Waals surface area contributed by atoms with Crippen LogP contribution in [0.25, 0.3) is 0 Å². The summed E-state index contributed by atoms with van der Waals surface area (Å²) in [4.78, 5) is 14.5. The minimum absolute atomic E-state index is 0.0475. The molecule has 1 aliphatic rings. The van der Waals surface area contributed by atoms with Crippen molar-refractivity contribution in [1.29, 1.82) is 0 Å². The first-order valence-corrected chi connectivity index (χ1v) is 7.49. The van der Waals surface area contributed by atoms with Gasteiger partial charge in [0.25, 0.3) is 5.91 Å². The summed E-state index contributed by atoms with van der Waals surface area (Å²) >= 11 is 3.35. The van der Waals surface area contributed by atoms with Crippen molar-refractivity contribution in [2.75, 3.05) is 6.54 Å². The number of carbonyl (C=O) groups excluding carboxylic acids is 1. The highest BCUT2D eigenvalue weighted by molar-refractivity contribution is 9.10. The van der Waals surface area contributed by atoms with Crippen molar-refractivity contribution in [3.63, 3.8) is 0 Å². The third kappa shape index (κ3) is 2.94. The molecule has 0 radical (unpaired) electrons. The molecule has 4 heteroatoms. The Hall–Kier alpha value is -1.03. The fourth-order valence-corrected chi connectivity index (χ4v) is 3.18. The first kappa shape index (κ1) is 14.4. The predicted molar refractivity (Wildman–Crippen MR) is 79.3 cm³/mol. The lowest BCUT2D eigenvalue weighted by molar-refractivity contribution is 0.0453. The molecule has 3 unspecified atom stereocenters. The van der Waals surface area contributed by atoms with Gasteiger partial charge >= 0.3 is 0 Å². The molecule has 1 aliphatic heterocycles. The van der Waals surface area contributed by atoms with Crippen LogP contribution in [0.2, 0.25) is 0 Å².